The van der Waals surface area contributed by atoms with Crippen LogP contribution in [-0.4, -0.2) is 10.8 Å². The smallest absolute Gasteiger partial charge is 0.123 e. The summed E-state index contributed by atoms with van der Waals surface area (Å²) in [4.78, 5) is 1.35. The molecule has 0 bridgehead atoms. The summed E-state index contributed by atoms with van der Waals surface area (Å²) in [5.74, 6) is 0.415. The molecule has 1 unspecified atom stereocenters. The highest BCUT2D eigenvalue weighted by molar-refractivity contribution is 8.00. The molecule has 0 radical (unpaired) electrons. The molecule has 4 rings (SSSR count). The van der Waals surface area contributed by atoms with E-state index in [9.17, 15) is 4.39 Å². The van der Waals surface area contributed by atoms with Gasteiger partial charge in [-0.1, -0.05) is 39.0 Å². The minimum atomic E-state index is -0.132. The Balaban J connectivity index is 1.61. The summed E-state index contributed by atoms with van der Waals surface area (Å²) in [7, 11) is 0. The summed E-state index contributed by atoms with van der Waals surface area (Å²) in [6.07, 6.45) is 3.51. The molecule has 2 aliphatic rings. The van der Waals surface area contributed by atoms with Gasteiger partial charge in [0.25, 0.3) is 0 Å². The fourth-order valence-corrected chi connectivity index (χ4v) is 6.17. The van der Waals surface area contributed by atoms with Gasteiger partial charge in [-0.25, -0.2) is 4.39 Å². The number of benzene rings is 2. The molecule has 132 valence electrons. The second-order valence-electron chi connectivity index (χ2n) is 8.38. The summed E-state index contributed by atoms with van der Waals surface area (Å²) in [5.41, 5.74) is 2.25. The highest BCUT2D eigenvalue weighted by Crippen LogP contribution is 2.53. The monoisotopic (exact) mass is 355 g/mol. The van der Waals surface area contributed by atoms with Gasteiger partial charge in [-0.2, -0.15) is 0 Å². The van der Waals surface area contributed by atoms with Crippen LogP contribution in [0.2, 0.25) is 0 Å². The molecule has 1 saturated carbocycles. The lowest BCUT2D eigenvalue weighted by Crippen LogP contribution is -2.52. The molecule has 25 heavy (non-hydrogen) atoms. The largest absolute Gasteiger partial charge is 0.382 e. The molecule has 1 aliphatic heterocycles. The number of hydrogen-bond donors (Lipinski definition) is 1. The van der Waals surface area contributed by atoms with E-state index in [-0.39, 0.29) is 16.0 Å². The molecular weight excluding hydrogens is 329 g/mol. The van der Waals surface area contributed by atoms with E-state index in [1.807, 2.05) is 17.8 Å². The van der Waals surface area contributed by atoms with Crippen LogP contribution in [0.1, 0.15) is 45.6 Å². The third-order valence-electron chi connectivity index (χ3n) is 6.17. The lowest BCUT2D eigenvalue weighted by Gasteiger charge is -2.52. The third kappa shape index (κ3) is 3.08. The van der Waals surface area contributed by atoms with E-state index in [1.165, 1.54) is 17.7 Å². The van der Waals surface area contributed by atoms with E-state index >= 15 is 0 Å². The maximum absolute atomic E-state index is 13.8. The van der Waals surface area contributed by atoms with Crippen molar-refractivity contribution in [2.75, 3.05) is 5.32 Å². The maximum atomic E-state index is 13.8. The second-order valence-corrected chi connectivity index (χ2v) is 10.0. The number of fused-ring (bicyclic) bond motifs is 2. The standard InChI is InChI=1S/C22H26FNS/c1-21(2)17-11-12-22(3,25-16-7-5-4-6-8-16)14-20(17)24-19-10-9-15(23)13-18(19)21/h4-10,13,17,20,24H,11-12,14H2,1-3H3/t17-,20-,22?/m0/s1. The zero-order valence-electron chi connectivity index (χ0n) is 15.2. The Hall–Kier alpha value is -1.48. The van der Waals surface area contributed by atoms with Gasteiger partial charge >= 0.3 is 0 Å². The van der Waals surface area contributed by atoms with Gasteiger partial charge in [0.15, 0.2) is 0 Å². The molecule has 0 saturated heterocycles. The topological polar surface area (TPSA) is 12.0 Å². The van der Waals surface area contributed by atoms with Gasteiger partial charge in [-0.3, -0.25) is 0 Å². The SMILES string of the molecule is CC1(Sc2ccccc2)CC[C@H]2[C@H](C1)Nc1ccc(F)cc1C2(C)C. The molecule has 1 aliphatic carbocycles. The first-order valence-electron chi connectivity index (χ1n) is 9.18. The van der Waals surface area contributed by atoms with Gasteiger partial charge in [0.05, 0.1) is 0 Å². The fourth-order valence-electron chi connectivity index (χ4n) is 4.83. The van der Waals surface area contributed by atoms with Gasteiger partial charge < -0.3 is 5.32 Å². The molecular formula is C22H26FNS. The molecule has 2 aromatic rings. The van der Waals surface area contributed by atoms with Crippen LogP contribution in [0.25, 0.3) is 0 Å². The van der Waals surface area contributed by atoms with Crippen LogP contribution < -0.4 is 5.32 Å². The molecule has 1 N–H and O–H groups in total. The summed E-state index contributed by atoms with van der Waals surface area (Å²) in [5, 5.41) is 3.74. The molecule has 2 aromatic carbocycles. The van der Waals surface area contributed by atoms with Crippen molar-refractivity contribution in [2.24, 2.45) is 5.92 Å². The first kappa shape index (κ1) is 17.0. The van der Waals surface area contributed by atoms with Crippen LogP contribution in [0.5, 0.6) is 0 Å². The summed E-state index contributed by atoms with van der Waals surface area (Å²) < 4.78 is 14.0. The highest BCUT2D eigenvalue weighted by Gasteiger charge is 2.48. The van der Waals surface area contributed by atoms with Crippen LogP contribution in [-0.2, 0) is 5.41 Å². The van der Waals surface area contributed by atoms with E-state index in [1.54, 1.807) is 12.1 Å². The number of thioether (sulfide) groups is 1. The zero-order valence-corrected chi connectivity index (χ0v) is 16.0. The quantitative estimate of drug-likeness (QED) is 0.683. The number of rotatable bonds is 2. The third-order valence-corrected chi connectivity index (χ3v) is 7.54. The summed E-state index contributed by atoms with van der Waals surface area (Å²) >= 11 is 2.01. The molecule has 1 nitrogen and oxygen atoms in total. The van der Waals surface area contributed by atoms with Crippen molar-refractivity contribution in [3.8, 4) is 0 Å². The van der Waals surface area contributed by atoms with Crippen LogP contribution in [0.4, 0.5) is 10.1 Å². The maximum Gasteiger partial charge on any atom is 0.123 e. The predicted molar refractivity (Wildman–Crippen MR) is 105 cm³/mol. The van der Waals surface area contributed by atoms with E-state index in [0.29, 0.717) is 12.0 Å². The predicted octanol–water partition coefficient (Wildman–Crippen LogP) is 6.25. The second kappa shape index (κ2) is 6.05. The van der Waals surface area contributed by atoms with E-state index < -0.39 is 0 Å². The van der Waals surface area contributed by atoms with Crippen molar-refractivity contribution in [3.05, 3.63) is 59.9 Å². The molecule has 1 heterocycles. The van der Waals surface area contributed by atoms with E-state index in [4.69, 9.17) is 0 Å². The normalized spacial score (nSPS) is 30.1. The number of hydrogen-bond acceptors (Lipinski definition) is 2. The van der Waals surface area contributed by atoms with Gasteiger partial charge in [-0.05, 0) is 66.5 Å². The van der Waals surface area contributed by atoms with Crippen molar-refractivity contribution in [3.63, 3.8) is 0 Å². The average Bonchev–Trinajstić information content (AvgIpc) is 2.56. The van der Waals surface area contributed by atoms with Gasteiger partial charge in [0, 0.05) is 21.4 Å². The van der Waals surface area contributed by atoms with Crippen molar-refractivity contribution >= 4 is 17.4 Å². The average molecular weight is 356 g/mol. The summed E-state index contributed by atoms with van der Waals surface area (Å²) in [6, 6.07) is 16.4. The van der Waals surface area contributed by atoms with Crippen LogP contribution in [0, 0.1) is 11.7 Å². The molecule has 3 atom stereocenters. The molecule has 0 aromatic heterocycles. The Morgan fingerprint density at radius 2 is 1.84 bits per heavy atom. The minimum absolute atomic E-state index is 0.00605. The Morgan fingerprint density at radius 1 is 1.08 bits per heavy atom. The van der Waals surface area contributed by atoms with Gasteiger partial charge in [-0.15, -0.1) is 11.8 Å². The Kier molecular flexibility index (Phi) is 4.10. The Labute approximate surface area is 154 Å². The van der Waals surface area contributed by atoms with Crippen molar-refractivity contribution in [1.29, 1.82) is 0 Å². The van der Waals surface area contributed by atoms with Crippen molar-refractivity contribution in [2.45, 2.75) is 61.1 Å². The summed E-state index contributed by atoms with van der Waals surface area (Å²) in [6.45, 7) is 6.98. The number of anilines is 1. The molecule has 1 fully saturated rings. The Bertz CT molecular complexity index is 773. The zero-order chi connectivity index (χ0) is 17.7. The van der Waals surface area contributed by atoms with Crippen molar-refractivity contribution in [1.82, 2.24) is 0 Å². The number of halogens is 1. The van der Waals surface area contributed by atoms with Crippen LogP contribution in [0.15, 0.2) is 53.4 Å². The van der Waals surface area contributed by atoms with Gasteiger partial charge in [0.1, 0.15) is 5.82 Å². The van der Waals surface area contributed by atoms with E-state index in [0.717, 1.165) is 17.7 Å². The van der Waals surface area contributed by atoms with Crippen LogP contribution >= 0.6 is 11.8 Å². The first-order valence-corrected chi connectivity index (χ1v) is 10.00. The van der Waals surface area contributed by atoms with Gasteiger partial charge in [0.2, 0.25) is 0 Å². The molecule has 0 spiro atoms. The lowest BCUT2D eigenvalue weighted by atomic mass is 9.61. The fraction of sp³-hybridized carbons (Fsp3) is 0.455. The number of nitrogens with one attached hydrogen (secondary N) is 1. The Morgan fingerprint density at radius 3 is 2.60 bits per heavy atom. The highest BCUT2D eigenvalue weighted by atomic mass is 32.2. The lowest BCUT2D eigenvalue weighted by molar-refractivity contribution is 0.185. The van der Waals surface area contributed by atoms with E-state index in [2.05, 4.69) is 56.4 Å². The van der Waals surface area contributed by atoms with Crippen LogP contribution in [0.3, 0.4) is 0 Å². The minimum Gasteiger partial charge on any atom is -0.382 e. The first-order chi connectivity index (χ1) is 11.9. The van der Waals surface area contributed by atoms with Crippen molar-refractivity contribution < 1.29 is 4.39 Å². The molecule has 3 heteroatoms. The molecule has 0 amide bonds.